The number of hydrogen-bond donors (Lipinski definition) is 2. The zero-order valence-corrected chi connectivity index (χ0v) is 18.4. The van der Waals surface area contributed by atoms with Gasteiger partial charge in [-0.2, -0.15) is 5.10 Å². The van der Waals surface area contributed by atoms with Crippen molar-refractivity contribution in [2.45, 2.75) is 32.1 Å². The third kappa shape index (κ3) is 5.93. The van der Waals surface area contributed by atoms with E-state index in [2.05, 4.69) is 32.5 Å². The average Bonchev–Trinajstić information content (AvgIpc) is 2.78. The molecule has 0 atom stereocenters. The van der Waals surface area contributed by atoms with Gasteiger partial charge in [0.1, 0.15) is 5.78 Å². The highest BCUT2D eigenvalue weighted by atomic mass is 35.5. The van der Waals surface area contributed by atoms with Crippen LogP contribution in [0.2, 0.25) is 0 Å². The summed E-state index contributed by atoms with van der Waals surface area (Å²) in [5.74, 6) is 0.405. The van der Waals surface area contributed by atoms with Crippen molar-refractivity contribution < 1.29 is 4.79 Å². The first kappa shape index (κ1) is 23.0. The molecule has 0 amide bonds. The van der Waals surface area contributed by atoms with Gasteiger partial charge in [0, 0.05) is 49.1 Å². The Morgan fingerprint density at radius 1 is 0.935 bits per heavy atom. The molecule has 7 heteroatoms. The highest BCUT2D eigenvalue weighted by molar-refractivity contribution is 5.94. The minimum atomic E-state index is -0.167. The Labute approximate surface area is 188 Å². The minimum absolute atomic E-state index is 0. The van der Waals surface area contributed by atoms with Crippen LogP contribution >= 0.6 is 12.4 Å². The van der Waals surface area contributed by atoms with E-state index in [-0.39, 0.29) is 18.0 Å². The number of nitrogens with one attached hydrogen (secondary N) is 2. The Bertz CT molecular complexity index is 1070. The maximum Gasteiger partial charge on any atom is 0.272 e. The quantitative estimate of drug-likeness (QED) is 0.512. The van der Waals surface area contributed by atoms with Crippen LogP contribution in [0.15, 0.2) is 53.3 Å². The summed E-state index contributed by atoms with van der Waals surface area (Å²) in [5.41, 5.74) is 2.65. The van der Waals surface area contributed by atoms with Gasteiger partial charge in [-0.25, -0.2) is 5.10 Å². The van der Waals surface area contributed by atoms with E-state index in [0.717, 1.165) is 67.8 Å². The van der Waals surface area contributed by atoms with Crippen LogP contribution in [0.4, 0.5) is 5.69 Å². The zero-order valence-electron chi connectivity index (χ0n) is 17.6. The smallest absolute Gasteiger partial charge is 0.272 e. The van der Waals surface area contributed by atoms with Crippen molar-refractivity contribution >= 4 is 34.7 Å². The number of benzene rings is 2. The van der Waals surface area contributed by atoms with Gasteiger partial charge in [0.05, 0.1) is 11.1 Å². The molecule has 2 N–H and O–H groups in total. The fraction of sp³-hybridized carbons (Fsp3) is 0.375. The molecule has 4 rings (SSSR count). The van der Waals surface area contributed by atoms with Crippen molar-refractivity contribution in [1.29, 1.82) is 0 Å². The van der Waals surface area contributed by atoms with E-state index in [1.807, 2.05) is 36.4 Å². The van der Waals surface area contributed by atoms with Gasteiger partial charge in [0.25, 0.3) is 5.56 Å². The molecular weight excluding hydrogens is 412 g/mol. The lowest BCUT2D eigenvalue weighted by atomic mass is 10.0. The van der Waals surface area contributed by atoms with Crippen LogP contribution in [0.1, 0.15) is 32.1 Å². The summed E-state index contributed by atoms with van der Waals surface area (Å²) in [6, 6.07) is 15.7. The molecular formula is C24H29ClN4O2. The van der Waals surface area contributed by atoms with Crippen LogP contribution < -0.4 is 10.9 Å². The lowest BCUT2D eigenvalue weighted by Crippen LogP contribution is -2.34. The highest BCUT2D eigenvalue weighted by Gasteiger charge is 2.15. The van der Waals surface area contributed by atoms with Crippen molar-refractivity contribution in [1.82, 2.24) is 15.1 Å². The molecule has 0 unspecified atom stereocenters. The highest BCUT2D eigenvalue weighted by Crippen LogP contribution is 2.26. The maximum atomic E-state index is 12.0. The first-order chi connectivity index (χ1) is 14.7. The van der Waals surface area contributed by atoms with E-state index in [1.54, 1.807) is 0 Å². The summed E-state index contributed by atoms with van der Waals surface area (Å²) < 4.78 is 0. The zero-order chi connectivity index (χ0) is 20.8. The van der Waals surface area contributed by atoms with Gasteiger partial charge in [0.2, 0.25) is 0 Å². The number of ketones is 1. The number of piperidine rings is 1. The van der Waals surface area contributed by atoms with E-state index >= 15 is 0 Å². The number of H-pyrrole nitrogens is 1. The maximum absolute atomic E-state index is 12.0. The molecule has 1 saturated heterocycles. The molecule has 1 aliphatic heterocycles. The first-order valence-electron chi connectivity index (χ1n) is 10.8. The number of rotatable bonds is 8. The first-order valence-corrected chi connectivity index (χ1v) is 10.8. The number of likely N-dealkylation sites (tertiary alicyclic amines) is 1. The van der Waals surface area contributed by atoms with E-state index in [9.17, 15) is 9.59 Å². The molecule has 2 heterocycles. The van der Waals surface area contributed by atoms with E-state index in [4.69, 9.17) is 0 Å². The molecule has 31 heavy (non-hydrogen) atoms. The third-order valence-corrected chi connectivity index (χ3v) is 5.73. The third-order valence-electron chi connectivity index (χ3n) is 5.73. The average molecular weight is 441 g/mol. The van der Waals surface area contributed by atoms with Gasteiger partial charge < -0.3 is 10.2 Å². The molecule has 1 aromatic heterocycles. The van der Waals surface area contributed by atoms with Crippen molar-refractivity contribution in [3.63, 3.8) is 0 Å². The number of Topliss-reactive ketones (excluding diaryl/α,β-unsaturated/α-hetero) is 1. The van der Waals surface area contributed by atoms with Crippen LogP contribution in [0.3, 0.4) is 0 Å². The van der Waals surface area contributed by atoms with Crippen molar-refractivity contribution in [3.05, 3.63) is 58.9 Å². The summed E-state index contributed by atoms with van der Waals surface area (Å²) in [6.45, 7) is 3.87. The number of aromatic amines is 1. The Morgan fingerprint density at radius 3 is 2.52 bits per heavy atom. The Hall–Kier alpha value is -2.70. The molecule has 1 fully saturated rings. The Kier molecular flexibility index (Phi) is 8.20. The molecule has 3 aromatic rings. The number of carbonyl (C=O) groups is 1. The fourth-order valence-corrected chi connectivity index (χ4v) is 4.01. The molecule has 6 nitrogen and oxygen atoms in total. The molecule has 2 aromatic carbocycles. The molecule has 1 aliphatic rings. The number of carbonyl (C=O) groups excluding carboxylic acids is 1. The minimum Gasteiger partial charge on any atom is -0.385 e. The second-order valence-corrected chi connectivity index (χ2v) is 7.90. The van der Waals surface area contributed by atoms with Gasteiger partial charge in [-0.1, -0.05) is 36.8 Å². The van der Waals surface area contributed by atoms with Gasteiger partial charge in [-0.05, 0) is 37.6 Å². The second kappa shape index (κ2) is 11.1. The van der Waals surface area contributed by atoms with Crippen LogP contribution in [0.25, 0.3) is 22.0 Å². The summed E-state index contributed by atoms with van der Waals surface area (Å²) in [5, 5.41) is 11.9. The van der Waals surface area contributed by atoms with Crippen LogP contribution in [0.5, 0.6) is 0 Å². The molecule has 0 saturated carbocycles. The number of anilines is 1. The van der Waals surface area contributed by atoms with Gasteiger partial charge in [0.15, 0.2) is 0 Å². The van der Waals surface area contributed by atoms with Gasteiger partial charge >= 0.3 is 0 Å². The lowest BCUT2D eigenvalue weighted by molar-refractivity contribution is -0.121. The normalized spacial score (nSPS) is 14.4. The number of halogens is 1. The number of nitrogens with zero attached hydrogens (tertiary/aromatic N) is 2. The monoisotopic (exact) mass is 440 g/mol. The predicted molar refractivity (Wildman–Crippen MR) is 128 cm³/mol. The van der Waals surface area contributed by atoms with Crippen molar-refractivity contribution in [3.8, 4) is 11.3 Å². The number of aromatic nitrogens is 2. The number of hydrogen-bond acceptors (Lipinski definition) is 5. The summed E-state index contributed by atoms with van der Waals surface area (Å²) in [6.07, 6.45) is 4.89. The summed E-state index contributed by atoms with van der Waals surface area (Å²) >= 11 is 0. The standard InChI is InChI=1S/C24H28N4O2.ClH/c29-20-11-15-28(16-12-20)14-5-1-4-13-25-19-8-6-7-18(17-19)23-21-9-2-3-10-22(21)24(30)27-26-23;/h2-3,6-10,17,25H,1,4-5,11-16H2,(H,27,30);1H. The fourth-order valence-electron chi connectivity index (χ4n) is 4.01. The van der Waals surface area contributed by atoms with Crippen molar-refractivity contribution in [2.75, 3.05) is 31.5 Å². The number of unbranched alkanes of at least 4 members (excludes halogenated alkanes) is 2. The Morgan fingerprint density at radius 2 is 1.71 bits per heavy atom. The van der Waals surface area contributed by atoms with Crippen molar-refractivity contribution in [2.24, 2.45) is 0 Å². The molecule has 164 valence electrons. The van der Waals surface area contributed by atoms with Gasteiger partial charge in [-0.3, -0.25) is 9.59 Å². The second-order valence-electron chi connectivity index (χ2n) is 7.90. The van der Waals surface area contributed by atoms with Crippen LogP contribution in [0, 0.1) is 0 Å². The topological polar surface area (TPSA) is 78.1 Å². The summed E-state index contributed by atoms with van der Waals surface area (Å²) in [7, 11) is 0. The Balaban J connectivity index is 0.00000272. The van der Waals surface area contributed by atoms with E-state index in [1.165, 1.54) is 12.8 Å². The number of fused-ring (bicyclic) bond motifs is 1. The summed E-state index contributed by atoms with van der Waals surface area (Å²) in [4.78, 5) is 25.7. The van der Waals surface area contributed by atoms with Gasteiger partial charge in [-0.15, -0.1) is 12.4 Å². The molecule has 0 bridgehead atoms. The molecule has 0 radical (unpaired) electrons. The van der Waals surface area contributed by atoms with Crippen LogP contribution in [-0.4, -0.2) is 47.1 Å². The van der Waals surface area contributed by atoms with Crippen LogP contribution in [-0.2, 0) is 4.79 Å². The SMILES string of the molecule is Cl.O=C1CCN(CCCCCNc2cccc(-c3n[nH]c(=O)c4ccccc34)c2)CC1. The molecule has 0 aliphatic carbocycles. The lowest BCUT2D eigenvalue weighted by Gasteiger charge is -2.25. The molecule has 0 spiro atoms. The predicted octanol–water partition coefficient (Wildman–Crippen LogP) is 4.26. The van der Waals surface area contributed by atoms with E-state index in [0.29, 0.717) is 11.2 Å². The van der Waals surface area contributed by atoms with E-state index < -0.39 is 0 Å². The largest absolute Gasteiger partial charge is 0.385 e.